The van der Waals surface area contributed by atoms with Gasteiger partial charge in [-0.1, -0.05) is 104 Å². The van der Waals surface area contributed by atoms with E-state index in [9.17, 15) is 0 Å². The van der Waals surface area contributed by atoms with Crippen LogP contribution >= 0.6 is 43.2 Å². The Morgan fingerprint density at radius 1 is 0.667 bits per heavy atom. The van der Waals surface area contributed by atoms with Gasteiger partial charge in [0.05, 0.1) is 0 Å². The fourth-order valence-electron chi connectivity index (χ4n) is 1.97. The zero-order valence-corrected chi connectivity index (χ0v) is 17.5. The van der Waals surface area contributed by atoms with Crippen LogP contribution in [0.5, 0.6) is 0 Å². The van der Waals surface area contributed by atoms with Crippen LogP contribution in [0.1, 0.15) is 11.1 Å². The maximum atomic E-state index is 2.35. The molecule has 0 spiro atoms. The first-order valence-corrected chi connectivity index (χ1v) is 13.0. The van der Waals surface area contributed by atoms with Crippen molar-refractivity contribution in [3.8, 4) is 0 Å². The third kappa shape index (κ3) is 8.26. The number of benzene rings is 2. The Labute approximate surface area is 162 Å². The number of hydrogen-bond acceptors (Lipinski definition) is 5. The molecule has 5 heteroatoms. The van der Waals surface area contributed by atoms with Crippen LogP contribution in [0.15, 0.2) is 60.7 Å². The lowest BCUT2D eigenvalue weighted by Crippen LogP contribution is -2.32. The van der Waals surface area contributed by atoms with E-state index < -0.39 is 0 Å². The molecule has 2 aromatic carbocycles. The molecule has 0 N–H and O–H groups in total. The normalized spacial score (nSPS) is 11.3. The summed E-state index contributed by atoms with van der Waals surface area (Å²) in [7, 11) is 12.3. The predicted molar refractivity (Wildman–Crippen MR) is 118 cm³/mol. The molecule has 0 aliphatic rings. The van der Waals surface area contributed by atoms with Gasteiger partial charge in [0, 0.05) is 29.1 Å². The van der Waals surface area contributed by atoms with E-state index in [1.54, 1.807) is 0 Å². The van der Waals surface area contributed by atoms with Gasteiger partial charge in [0.25, 0.3) is 0 Å². The molecular weight excluding hydrogens is 370 g/mol. The highest BCUT2D eigenvalue weighted by Crippen LogP contribution is 2.31. The third-order valence-corrected chi connectivity index (χ3v) is 8.36. The van der Waals surface area contributed by atoms with Crippen molar-refractivity contribution in [2.45, 2.75) is 17.5 Å². The van der Waals surface area contributed by atoms with Gasteiger partial charge in [0.2, 0.25) is 0 Å². The lowest BCUT2D eigenvalue weighted by atomic mass is 10.2. The summed E-state index contributed by atoms with van der Waals surface area (Å²) in [6, 6.07) is 22.0. The Hall–Kier alpha value is -0.200. The van der Waals surface area contributed by atoms with Gasteiger partial charge in [0.1, 0.15) is 0 Å². The Bertz CT molecular complexity index is 500. The van der Waals surface area contributed by atoms with Crippen LogP contribution < -0.4 is 0 Å². The molecular formula is C19H25NS4. The topological polar surface area (TPSA) is 3.24 Å². The maximum absolute atomic E-state index is 2.35. The first kappa shape index (κ1) is 20.1. The summed E-state index contributed by atoms with van der Waals surface area (Å²) in [5.41, 5.74) is 2.81. The second kappa shape index (κ2) is 12.2. The van der Waals surface area contributed by atoms with Crippen LogP contribution in [0, 0.1) is 0 Å². The average Bonchev–Trinajstić information content (AvgIpc) is 2.62. The van der Waals surface area contributed by atoms with Crippen molar-refractivity contribution in [1.82, 2.24) is 4.90 Å². The largest absolute Gasteiger partial charge is 0.305 e. The number of hydrogen-bond donors (Lipinski definition) is 0. The van der Waals surface area contributed by atoms with E-state index in [0.717, 1.165) is 11.5 Å². The van der Waals surface area contributed by atoms with Gasteiger partial charge < -0.3 is 4.90 Å². The van der Waals surface area contributed by atoms with Crippen molar-refractivity contribution in [3.63, 3.8) is 0 Å². The van der Waals surface area contributed by atoms with Crippen molar-refractivity contribution < 1.29 is 0 Å². The summed E-state index contributed by atoms with van der Waals surface area (Å²) >= 11 is 0. The highest BCUT2D eigenvalue weighted by atomic mass is 33.1. The van der Waals surface area contributed by atoms with E-state index in [-0.39, 0.29) is 0 Å². The molecule has 0 saturated carbocycles. The standard InChI is InChI=1S/C19H25NS4/c1-20(2)19(15-23-21-13-17-9-5-3-6-10-17)16-24-22-14-18-11-7-4-8-12-18/h3-12,19H,13-16H2,1-2H3. The first-order valence-electron chi connectivity index (χ1n) is 7.99. The van der Waals surface area contributed by atoms with Gasteiger partial charge in [0.15, 0.2) is 0 Å². The monoisotopic (exact) mass is 395 g/mol. The second-order valence-electron chi connectivity index (χ2n) is 5.68. The fourth-order valence-corrected chi connectivity index (χ4v) is 7.12. The zero-order chi connectivity index (χ0) is 17.0. The molecule has 0 amide bonds. The Balaban J connectivity index is 1.61. The molecule has 0 aliphatic heterocycles. The van der Waals surface area contributed by atoms with Crippen LogP contribution in [0.2, 0.25) is 0 Å². The lowest BCUT2D eigenvalue weighted by molar-refractivity contribution is 0.345. The van der Waals surface area contributed by atoms with Crippen LogP contribution in [-0.2, 0) is 11.5 Å². The molecule has 2 rings (SSSR count). The van der Waals surface area contributed by atoms with E-state index in [1.807, 2.05) is 43.2 Å². The van der Waals surface area contributed by atoms with Gasteiger partial charge >= 0.3 is 0 Å². The molecule has 2 aromatic rings. The lowest BCUT2D eigenvalue weighted by Gasteiger charge is -2.23. The van der Waals surface area contributed by atoms with Crippen molar-refractivity contribution in [2.75, 3.05) is 25.6 Å². The number of rotatable bonds is 11. The minimum Gasteiger partial charge on any atom is -0.305 e. The van der Waals surface area contributed by atoms with Crippen molar-refractivity contribution in [3.05, 3.63) is 71.8 Å². The Kier molecular flexibility index (Phi) is 10.2. The maximum Gasteiger partial charge on any atom is 0.0288 e. The first-order chi connectivity index (χ1) is 11.8. The van der Waals surface area contributed by atoms with Gasteiger partial charge in [-0.3, -0.25) is 0 Å². The molecule has 0 bridgehead atoms. The molecule has 24 heavy (non-hydrogen) atoms. The molecule has 0 unspecified atom stereocenters. The second-order valence-corrected chi connectivity index (χ2v) is 10.7. The minimum absolute atomic E-state index is 0.617. The summed E-state index contributed by atoms with van der Waals surface area (Å²) in [6.07, 6.45) is 0. The Morgan fingerprint density at radius 3 is 1.46 bits per heavy atom. The number of nitrogens with zero attached hydrogens (tertiary/aromatic N) is 1. The van der Waals surface area contributed by atoms with E-state index in [1.165, 1.54) is 22.6 Å². The van der Waals surface area contributed by atoms with E-state index >= 15 is 0 Å². The molecule has 0 aliphatic carbocycles. The van der Waals surface area contributed by atoms with Crippen LogP contribution in [0.4, 0.5) is 0 Å². The zero-order valence-electron chi connectivity index (χ0n) is 14.3. The van der Waals surface area contributed by atoms with Gasteiger partial charge in [-0.05, 0) is 25.2 Å². The molecule has 0 fully saturated rings. The van der Waals surface area contributed by atoms with Gasteiger partial charge in [-0.25, -0.2) is 0 Å². The predicted octanol–water partition coefficient (Wildman–Crippen LogP) is 6.08. The minimum atomic E-state index is 0.617. The van der Waals surface area contributed by atoms with E-state index in [4.69, 9.17) is 0 Å². The summed E-state index contributed by atoms with van der Waals surface area (Å²) in [5.74, 6) is 4.51. The molecule has 1 nitrogen and oxygen atoms in total. The highest BCUT2D eigenvalue weighted by Gasteiger charge is 2.12. The smallest absolute Gasteiger partial charge is 0.0288 e. The molecule has 0 atom stereocenters. The van der Waals surface area contributed by atoms with Crippen LogP contribution in [-0.4, -0.2) is 36.5 Å². The quantitative estimate of drug-likeness (QED) is 0.334. The summed E-state index contributed by atoms with van der Waals surface area (Å²) < 4.78 is 0. The van der Waals surface area contributed by atoms with E-state index in [2.05, 4.69) is 79.7 Å². The van der Waals surface area contributed by atoms with Crippen LogP contribution in [0.25, 0.3) is 0 Å². The Morgan fingerprint density at radius 2 is 1.08 bits per heavy atom. The van der Waals surface area contributed by atoms with Gasteiger partial charge in [-0.2, -0.15) is 0 Å². The van der Waals surface area contributed by atoms with Crippen molar-refractivity contribution >= 4 is 43.2 Å². The molecule has 0 aromatic heterocycles. The molecule has 0 heterocycles. The summed E-state index contributed by atoms with van der Waals surface area (Å²) in [6.45, 7) is 0. The third-order valence-electron chi connectivity index (χ3n) is 3.55. The summed E-state index contributed by atoms with van der Waals surface area (Å²) in [4.78, 5) is 2.35. The van der Waals surface area contributed by atoms with Crippen LogP contribution in [0.3, 0.4) is 0 Å². The van der Waals surface area contributed by atoms with Crippen molar-refractivity contribution in [1.29, 1.82) is 0 Å². The van der Waals surface area contributed by atoms with E-state index in [0.29, 0.717) is 6.04 Å². The molecule has 130 valence electrons. The highest BCUT2D eigenvalue weighted by molar-refractivity contribution is 8.76. The molecule has 0 saturated heterocycles. The van der Waals surface area contributed by atoms with Crippen molar-refractivity contribution in [2.24, 2.45) is 0 Å². The molecule has 0 radical (unpaired) electrons. The van der Waals surface area contributed by atoms with Gasteiger partial charge in [-0.15, -0.1) is 0 Å². The average molecular weight is 396 g/mol. The SMILES string of the molecule is CN(C)C(CSSCc1ccccc1)CSSCc1ccccc1. The summed E-state index contributed by atoms with van der Waals surface area (Å²) in [5, 5.41) is 0. The fraction of sp³-hybridized carbons (Fsp3) is 0.368.